The largest absolute Gasteiger partial charge is 0.339 e. The summed E-state index contributed by atoms with van der Waals surface area (Å²) in [7, 11) is 1.74. The Bertz CT molecular complexity index is 992. The summed E-state index contributed by atoms with van der Waals surface area (Å²) in [5.41, 5.74) is 2.62. The van der Waals surface area contributed by atoms with E-state index in [4.69, 9.17) is 0 Å². The van der Waals surface area contributed by atoms with Crippen LogP contribution in [0.1, 0.15) is 35.6 Å². The molecule has 0 fully saturated rings. The van der Waals surface area contributed by atoms with Gasteiger partial charge < -0.3 is 9.88 Å². The monoisotopic (exact) mass is 366 g/mol. The molecule has 0 unspecified atom stereocenters. The molecule has 1 aromatic carbocycles. The van der Waals surface area contributed by atoms with Crippen LogP contribution < -0.4 is 5.56 Å². The first kappa shape index (κ1) is 18.5. The van der Waals surface area contributed by atoms with Crippen LogP contribution in [0.4, 0.5) is 0 Å². The summed E-state index contributed by atoms with van der Waals surface area (Å²) in [6.45, 7) is 5.42. The molecule has 0 radical (unpaired) electrons. The van der Waals surface area contributed by atoms with Crippen molar-refractivity contribution in [2.45, 2.75) is 33.2 Å². The molecule has 1 amide bonds. The standard InChI is InChI=1S/C19H22N6O2/c1-12-17(19(27)23-14(3)22-12)9-18(26)24(4)13(2)15-5-7-16(8-6-15)25-11-20-10-21-25/h5-8,10-11,13H,9H2,1-4H3,(H,22,23,27)/t13-/m0/s1. The van der Waals surface area contributed by atoms with Crippen molar-refractivity contribution < 1.29 is 4.79 Å². The Morgan fingerprint density at radius 2 is 1.96 bits per heavy atom. The number of aromatic nitrogens is 5. The van der Waals surface area contributed by atoms with E-state index >= 15 is 0 Å². The van der Waals surface area contributed by atoms with Gasteiger partial charge in [0.15, 0.2) is 0 Å². The number of likely N-dealkylation sites (N-methyl/N-ethyl adjacent to an activating group) is 1. The van der Waals surface area contributed by atoms with E-state index < -0.39 is 0 Å². The lowest BCUT2D eigenvalue weighted by atomic mass is 10.1. The molecule has 0 aliphatic heterocycles. The van der Waals surface area contributed by atoms with E-state index in [1.165, 1.54) is 6.33 Å². The maximum Gasteiger partial charge on any atom is 0.254 e. The Morgan fingerprint density at radius 1 is 1.26 bits per heavy atom. The lowest BCUT2D eigenvalue weighted by Gasteiger charge is -2.25. The van der Waals surface area contributed by atoms with Gasteiger partial charge in [-0.3, -0.25) is 9.59 Å². The third-order valence-electron chi connectivity index (χ3n) is 4.70. The highest BCUT2D eigenvalue weighted by molar-refractivity contribution is 5.79. The van der Waals surface area contributed by atoms with Crippen LogP contribution in [0.25, 0.3) is 5.69 Å². The minimum absolute atomic E-state index is 0.0202. The molecule has 0 spiro atoms. The maximum atomic E-state index is 12.7. The first-order chi connectivity index (χ1) is 12.9. The fourth-order valence-corrected chi connectivity index (χ4v) is 2.92. The topological polar surface area (TPSA) is 96.8 Å². The number of aryl methyl sites for hydroxylation is 2. The molecule has 0 saturated heterocycles. The number of carbonyl (C=O) groups is 1. The number of rotatable bonds is 5. The molecule has 0 aliphatic rings. The Kier molecular flexibility index (Phi) is 5.16. The first-order valence-corrected chi connectivity index (χ1v) is 8.64. The van der Waals surface area contributed by atoms with Crippen molar-refractivity contribution in [2.24, 2.45) is 0 Å². The summed E-state index contributed by atoms with van der Waals surface area (Å²) in [4.78, 5) is 37.3. The maximum absolute atomic E-state index is 12.7. The van der Waals surface area contributed by atoms with Crippen molar-refractivity contribution in [3.8, 4) is 5.69 Å². The number of H-pyrrole nitrogens is 1. The van der Waals surface area contributed by atoms with Crippen molar-refractivity contribution in [1.29, 1.82) is 0 Å². The van der Waals surface area contributed by atoms with Crippen molar-refractivity contribution in [2.75, 3.05) is 7.05 Å². The normalized spacial score (nSPS) is 12.0. The zero-order valence-electron chi connectivity index (χ0n) is 15.8. The molecule has 1 N–H and O–H groups in total. The molecule has 27 heavy (non-hydrogen) atoms. The molecular weight excluding hydrogens is 344 g/mol. The van der Waals surface area contributed by atoms with Gasteiger partial charge in [0.1, 0.15) is 18.5 Å². The molecule has 0 bridgehead atoms. The number of benzene rings is 1. The highest BCUT2D eigenvalue weighted by Gasteiger charge is 2.20. The van der Waals surface area contributed by atoms with Gasteiger partial charge in [-0.15, -0.1) is 0 Å². The van der Waals surface area contributed by atoms with Crippen LogP contribution in [-0.2, 0) is 11.2 Å². The highest BCUT2D eigenvalue weighted by atomic mass is 16.2. The number of hydrogen-bond acceptors (Lipinski definition) is 5. The molecule has 0 saturated carbocycles. The van der Waals surface area contributed by atoms with Crippen LogP contribution in [0.5, 0.6) is 0 Å². The quantitative estimate of drug-likeness (QED) is 0.742. The fourth-order valence-electron chi connectivity index (χ4n) is 2.92. The number of aromatic amines is 1. The Labute approximate surface area is 156 Å². The van der Waals surface area contributed by atoms with E-state index in [0.717, 1.165) is 11.3 Å². The van der Waals surface area contributed by atoms with E-state index in [1.54, 1.807) is 36.8 Å². The third-order valence-corrected chi connectivity index (χ3v) is 4.70. The zero-order chi connectivity index (χ0) is 19.6. The van der Waals surface area contributed by atoms with Gasteiger partial charge in [0.25, 0.3) is 5.56 Å². The van der Waals surface area contributed by atoms with Gasteiger partial charge >= 0.3 is 0 Å². The number of nitrogens with zero attached hydrogens (tertiary/aromatic N) is 5. The van der Waals surface area contributed by atoms with Gasteiger partial charge in [-0.1, -0.05) is 12.1 Å². The Hall–Kier alpha value is -3.29. The third kappa shape index (κ3) is 3.94. The van der Waals surface area contributed by atoms with Crippen molar-refractivity contribution in [1.82, 2.24) is 29.6 Å². The van der Waals surface area contributed by atoms with Crippen LogP contribution in [0.3, 0.4) is 0 Å². The summed E-state index contributed by atoms with van der Waals surface area (Å²) in [6, 6.07) is 7.63. The second-order valence-corrected chi connectivity index (χ2v) is 6.50. The van der Waals surface area contributed by atoms with Crippen LogP contribution in [0.15, 0.2) is 41.7 Å². The highest BCUT2D eigenvalue weighted by Crippen LogP contribution is 2.21. The van der Waals surface area contributed by atoms with Crippen LogP contribution in [-0.4, -0.2) is 42.6 Å². The van der Waals surface area contributed by atoms with Crippen LogP contribution >= 0.6 is 0 Å². The fraction of sp³-hybridized carbons (Fsp3) is 0.316. The van der Waals surface area contributed by atoms with Crippen LogP contribution in [0, 0.1) is 13.8 Å². The van der Waals surface area contributed by atoms with Crippen molar-refractivity contribution >= 4 is 5.91 Å². The van der Waals surface area contributed by atoms with E-state index in [1.807, 2.05) is 31.2 Å². The van der Waals surface area contributed by atoms with E-state index in [2.05, 4.69) is 20.1 Å². The van der Waals surface area contributed by atoms with Crippen molar-refractivity contribution in [3.63, 3.8) is 0 Å². The lowest BCUT2D eigenvalue weighted by molar-refractivity contribution is -0.131. The van der Waals surface area contributed by atoms with Gasteiger partial charge in [-0.2, -0.15) is 5.10 Å². The molecule has 2 aromatic heterocycles. The van der Waals surface area contributed by atoms with Gasteiger partial charge in [0, 0.05) is 18.3 Å². The molecule has 0 aliphatic carbocycles. The molecule has 1 atom stereocenters. The molecular formula is C19H22N6O2. The summed E-state index contributed by atoms with van der Waals surface area (Å²) < 4.78 is 1.67. The van der Waals surface area contributed by atoms with Crippen molar-refractivity contribution in [3.05, 3.63) is 69.9 Å². The minimum atomic E-state index is -0.258. The lowest BCUT2D eigenvalue weighted by Crippen LogP contribution is -2.33. The smallest absolute Gasteiger partial charge is 0.254 e. The zero-order valence-corrected chi connectivity index (χ0v) is 15.8. The average Bonchev–Trinajstić information content (AvgIpc) is 3.18. The summed E-state index contributed by atoms with van der Waals surface area (Å²) in [6.07, 6.45) is 3.13. The predicted molar refractivity (Wildman–Crippen MR) is 101 cm³/mol. The molecule has 2 heterocycles. The second kappa shape index (κ2) is 7.53. The Balaban J connectivity index is 1.74. The van der Waals surface area contributed by atoms with Gasteiger partial charge in [-0.05, 0) is 38.5 Å². The predicted octanol–water partition coefficient (Wildman–Crippen LogP) is 1.73. The average molecular weight is 366 g/mol. The SMILES string of the molecule is Cc1nc(C)c(CC(=O)N(C)[C@@H](C)c2ccc(-n3cncn3)cc2)c(=O)[nH]1. The van der Waals surface area contributed by atoms with Crippen LogP contribution in [0.2, 0.25) is 0 Å². The summed E-state index contributed by atoms with van der Waals surface area (Å²) >= 11 is 0. The number of carbonyl (C=O) groups excluding carboxylic acids is 1. The number of hydrogen-bond donors (Lipinski definition) is 1. The number of nitrogens with one attached hydrogen (secondary N) is 1. The molecule has 3 rings (SSSR count). The Morgan fingerprint density at radius 3 is 2.56 bits per heavy atom. The summed E-state index contributed by atoms with van der Waals surface area (Å²) in [5.74, 6) is 0.407. The molecule has 8 nitrogen and oxygen atoms in total. The van der Waals surface area contributed by atoms with Gasteiger partial charge in [0.05, 0.1) is 18.2 Å². The molecule has 3 aromatic rings. The first-order valence-electron chi connectivity index (χ1n) is 8.64. The minimum Gasteiger partial charge on any atom is -0.339 e. The second-order valence-electron chi connectivity index (χ2n) is 6.50. The van der Waals surface area contributed by atoms with Gasteiger partial charge in [-0.25, -0.2) is 14.6 Å². The summed E-state index contributed by atoms with van der Waals surface area (Å²) in [5, 5.41) is 4.10. The van der Waals surface area contributed by atoms with E-state index in [0.29, 0.717) is 17.1 Å². The molecule has 8 heteroatoms. The number of amides is 1. The van der Waals surface area contributed by atoms with E-state index in [9.17, 15) is 9.59 Å². The molecule has 140 valence electrons. The van der Waals surface area contributed by atoms with Gasteiger partial charge in [0.2, 0.25) is 5.91 Å². The van der Waals surface area contributed by atoms with E-state index in [-0.39, 0.29) is 23.9 Å².